The van der Waals surface area contributed by atoms with E-state index >= 15 is 0 Å². The molecule has 1 unspecified atom stereocenters. The van der Waals surface area contributed by atoms with E-state index in [1.807, 2.05) is 39.8 Å². The summed E-state index contributed by atoms with van der Waals surface area (Å²) in [7, 11) is 6.71. The lowest BCUT2D eigenvalue weighted by Gasteiger charge is -2.27. The number of likely N-dealkylation sites (tertiary alicyclic amines) is 1. The quantitative estimate of drug-likeness (QED) is 0.299. The molecule has 36 heavy (non-hydrogen) atoms. The van der Waals surface area contributed by atoms with E-state index in [0.29, 0.717) is 23.6 Å². The Hall–Kier alpha value is -3.23. The molecular formula is C27H33ClN2O6. The molecule has 0 radical (unpaired) electrons. The number of hydrogen-bond acceptors (Lipinski definition) is 7. The number of carbonyl (C=O) groups excluding carboxylic acids is 2. The van der Waals surface area contributed by atoms with E-state index < -0.39 is 17.7 Å². The summed E-state index contributed by atoms with van der Waals surface area (Å²) in [5, 5.41) is 11.8. The van der Waals surface area contributed by atoms with Crippen molar-refractivity contribution < 1.29 is 28.9 Å². The van der Waals surface area contributed by atoms with E-state index in [2.05, 4.69) is 0 Å². The molecule has 2 aromatic carbocycles. The van der Waals surface area contributed by atoms with E-state index in [-0.39, 0.29) is 40.3 Å². The highest BCUT2D eigenvalue weighted by Gasteiger charge is 2.46. The molecule has 3 rings (SSSR count). The Morgan fingerprint density at radius 1 is 1.11 bits per heavy atom. The summed E-state index contributed by atoms with van der Waals surface area (Å²) in [6.07, 6.45) is -0.0750. The molecule has 0 aliphatic carbocycles. The van der Waals surface area contributed by atoms with Crippen molar-refractivity contribution in [3.8, 4) is 17.2 Å². The summed E-state index contributed by atoms with van der Waals surface area (Å²) < 4.78 is 16.8. The minimum atomic E-state index is -0.851. The van der Waals surface area contributed by atoms with Crippen molar-refractivity contribution in [3.05, 3.63) is 57.6 Å². The molecule has 1 saturated heterocycles. The average molecular weight is 517 g/mol. The smallest absolute Gasteiger partial charge is 0.295 e. The number of carbonyl (C=O) groups is 2. The van der Waals surface area contributed by atoms with Gasteiger partial charge in [-0.25, -0.2) is 0 Å². The van der Waals surface area contributed by atoms with Gasteiger partial charge in [0, 0.05) is 13.1 Å². The second-order valence-electron chi connectivity index (χ2n) is 9.20. The first-order chi connectivity index (χ1) is 17.0. The normalized spacial score (nSPS) is 17.3. The highest BCUT2D eigenvalue weighted by atomic mass is 35.5. The Bertz CT molecular complexity index is 1190. The first kappa shape index (κ1) is 27.4. The largest absolute Gasteiger partial charge is 0.507 e. The number of aliphatic hydroxyl groups excluding tert-OH is 1. The Balaban J connectivity index is 2.26. The predicted octanol–water partition coefficient (Wildman–Crippen LogP) is 4.44. The Morgan fingerprint density at radius 3 is 2.39 bits per heavy atom. The first-order valence-corrected chi connectivity index (χ1v) is 12.0. The summed E-state index contributed by atoms with van der Waals surface area (Å²) in [5.41, 5.74) is 1.56. The third-order valence-corrected chi connectivity index (χ3v) is 6.12. The lowest BCUT2D eigenvalue weighted by atomic mass is 9.94. The maximum atomic E-state index is 13.3. The second-order valence-corrected chi connectivity index (χ2v) is 9.61. The number of halogens is 1. The summed E-state index contributed by atoms with van der Waals surface area (Å²) in [5.74, 6) is -0.616. The highest BCUT2D eigenvalue weighted by Crippen LogP contribution is 2.44. The van der Waals surface area contributed by atoms with Gasteiger partial charge in [0.2, 0.25) is 0 Å². The van der Waals surface area contributed by atoms with Crippen LogP contribution in [-0.4, -0.2) is 74.1 Å². The lowest BCUT2D eigenvalue weighted by molar-refractivity contribution is -0.140. The van der Waals surface area contributed by atoms with Crippen LogP contribution < -0.4 is 14.2 Å². The zero-order valence-corrected chi connectivity index (χ0v) is 22.5. The third kappa shape index (κ3) is 5.44. The zero-order valence-electron chi connectivity index (χ0n) is 21.7. The number of aliphatic hydroxyl groups is 1. The maximum absolute atomic E-state index is 13.3. The molecule has 0 spiro atoms. The van der Waals surface area contributed by atoms with Crippen molar-refractivity contribution in [2.45, 2.75) is 32.9 Å². The Labute approximate surface area is 217 Å². The lowest BCUT2D eigenvalue weighted by Crippen LogP contribution is -2.35. The van der Waals surface area contributed by atoms with Crippen LogP contribution in [0.3, 0.4) is 0 Å². The standard InChI is InChI=1S/C27H33ClN2O6/c1-15(2)36-20-9-8-17(14-21(20)34-6)23-22(25(32)27(33)30(23)11-10-29(4)5)24(31)18-12-16(3)13-19(28)26(18)35-7/h8-9,12-15,23,31H,10-11H2,1-7H3/b24-22+. The van der Waals surface area contributed by atoms with Gasteiger partial charge >= 0.3 is 0 Å². The van der Waals surface area contributed by atoms with Crippen LogP contribution >= 0.6 is 11.6 Å². The average Bonchev–Trinajstić information content (AvgIpc) is 3.06. The van der Waals surface area contributed by atoms with Crippen molar-refractivity contribution in [3.63, 3.8) is 0 Å². The Morgan fingerprint density at radius 2 is 1.81 bits per heavy atom. The minimum absolute atomic E-state index is 0.0432. The van der Waals surface area contributed by atoms with E-state index in [1.54, 1.807) is 30.3 Å². The molecular weight excluding hydrogens is 484 g/mol. The number of nitrogens with zero attached hydrogens (tertiary/aromatic N) is 2. The number of benzene rings is 2. The van der Waals surface area contributed by atoms with Gasteiger partial charge in [0.05, 0.1) is 42.5 Å². The number of likely N-dealkylation sites (N-methyl/N-ethyl adjacent to an activating group) is 1. The molecule has 1 heterocycles. The van der Waals surface area contributed by atoms with Gasteiger partial charge in [-0.05, 0) is 70.3 Å². The van der Waals surface area contributed by atoms with E-state index in [0.717, 1.165) is 5.56 Å². The van der Waals surface area contributed by atoms with Crippen molar-refractivity contribution >= 4 is 29.1 Å². The summed E-state index contributed by atoms with van der Waals surface area (Å²) in [6, 6.07) is 7.76. The van der Waals surface area contributed by atoms with E-state index in [4.69, 9.17) is 25.8 Å². The van der Waals surface area contributed by atoms with Gasteiger partial charge in [0.15, 0.2) is 11.5 Å². The third-order valence-electron chi connectivity index (χ3n) is 5.84. The summed E-state index contributed by atoms with van der Waals surface area (Å²) in [4.78, 5) is 29.9. The van der Waals surface area contributed by atoms with Gasteiger partial charge < -0.3 is 29.1 Å². The number of aryl methyl sites for hydroxylation is 1. The molecule has 1 fully saturated rings. The second kappa shape index (κ2) is 11.2. The number of rotatable bonds is 9. The fourth-order valence-electron chi connectivity index (χ4n) is 4.23. The van der Waals surface area contributed by atoms with Gasteiger partial charge in [0.25, 0.3) is 11.7 Å². The van der Waals surface area contributed by atoms with Gasteiger partial charge in [-0.1, -0.05) is 17.7 Å². The molecule has 0 aromatic heterocycles. The molecule has 0 saturated carbocycles. The maximum Gasteiger partial charge on any atom is 0.295 e. The number of ketones is 1. The molecule has 1 aliphatic heterocycles. The monoisotopic (exact) mass is 516 g/mol. The molecule has 1 N–H and O–H groups in total. The molecule has 1 atom stereocenters. The van der Waals surface area contributed by atoms with Gasteiger partial charge in [0.1, 0.15) is 11.5 Å². The fourth-order valence-corrected chi connectivity index (χ4v) is 4.58. The van der Waals surface area contributed by atoms with Crippen LogP contribution in [0, 0.1) is 6.92 Å². The van der Waals surface area contributed by atoms with Crippen LogP contribution in [0.25, 0.3) is 5.76 Å². The number of amides is 1. The topological polar surface area (TPSA) is 88.5 Å². The van der Waals surface area contributed by atoms with Gasteiger partial charge in [-0.2, -0.15) is 0 Å². The van der Waals surface area contributed by atoms with Gasteiger partial charge in [-0.3, -0.25) is 9.59 Å². The predicted molar refractivity (Wildman–Crippen MR) is 139 cm³/mol. The number of hydrogen-bond donors (Lipinski definition) is 1. The van der Waals surface area contributed by atoms with Crippen molar-refractivity contribution in [2.75, 3.05) is 41.4 Å². The van der Waals surface area contributed by atoms with Crippen LogP contribution in [-0.2, 0) is 9.59 Å². The number of ether oxygens (including phenoxy) is 3. The molecule has 8 nitrogen and oxygen atoms in total. The highest BCUT2D eigenvalue weighted by molar-refractivity contribution is 6.46. The molecule has 0 bridgehead atoms. The van der Waals surface area contributed by atoms with Crippen LogP contribution in [0.1, 0.15) is 36.6 Å². The van der Waals surface area contributed by atoms with E-state index in [1.165, 1.54) is 19.1 Å². The zero-order chi connectivity index (χ0) is 26.7. The van der Waals surface area contributed by atoms with Crippen LogP contribution in [0.2, 0.25) is 5.02 Å². The van der Waals surface area contributed by atoms with Crippen molar-refractivity contribution in [1.82, 2.24) is 9.80 Å². The SMILES string of the molecule is COc1cc(C2/C(=C(\O)c3cc(C)cc(Cl)c3OC)C(=O)C(=O)N2CCN(C)C)ccc1OC(C)C. The van der Waals surface area contributed by atoms with Crippen molar-refractivity contribution in [2.24, 2.45) is 0 Å². The summed E-state index contributed by atoms with van der Waals surface area (Å²) in [6.45, 7) is 6.42. The Kier molecular flexibility index (Phi) is 8.53. The van der Waals surface area contributed by atoms with Crippen molar-refractivity contribution in [1.29, 1.82) is 0 Å². The van der Waals surface area contributed by atoms with Crippen LogP contribution in [0.15, 0.2) is 35.9 Å². The van der Waals surface area contributed by atoms with E-state index in [9.17, 15) is 14.7 Å². The fraction of sp³-hybridized carbons (Fsp3) is 0.407. The number of methoxy groups -OCH3 is 2. The van der Waals surface area contributed by atoms with Crippen LogP contribution in [0.5, 0.6) is 17.2 Å². The minimum Gasteiger partial charge on any atom is -0.507 e. The number of Topliss-reactive ketones (excluding diaryl/α,β-unsaturated/α-hetero) is 1. The molecule has 9 heteroatoms. The molecule has 1 amide bonds. The van der Waals surface area contributed by atoms with Gasteiger partial charge in [-0.15, -0.1) is 0 Å². The molecule has 2 aromatic rings. The van der Waals surface area contributed by atoms with Crippen LogP contribution in [0.4, 0.5) is 0 Å². The summed E-state index contributed by atoms with van der Waals surface area (Å²) >= 11 is 6.36. The first-order valence-electron chi connectivity index (χ1n) is 11.6. The molecule has 194 valence electrons. The molecule has 1 aliphatic rings.